The van der Waals surface area contributed by atoms with Gasteiger partial charge in [0.1, 0.15) is 0 Å². The third-order valence-corrected chi connectivity index (χ3v) is 4.58. The van der Waals surface area contributed by atoms with Crippen molar-refractivity contribution in [3.63, 3.8) is 0 Å². The number of amides is 1. The minimum absolute atomic E-state index is 0.0112. The first kappa shape index (κ1) is 15.8. The number of nitro groups is 1. The molecule has 0 atom stereocenters. The van der Waals surface area contributed by atoms with E-state index in [2.05, 4.69) is 0 Å². The van der Waals surface area contributed by atoms with Crippen molar-refractivity contribution in [1.29, 1.82) is 0 Å². The van der Waals surface area contributed by atoms with Gasteiger partial charge in [-0.25, -0.2) is 0 Å². The SMILES string of the molecule is O=C(CSc1ccc([N+](=O)[O-])cc1)N(CCO)C1CCC1. The molecular weight excluding hydrogens is 292 g/mol. The Bertz CT molecular complexity index is 502. The molecule has 7 heteroatoms. The van der Waals surface area contributed by atoms with Crippen molar-refractivity contribution in [2.45, 2.75) is 30.2 Å². The smallest absolute Gasteiger partial charge is 0.269 e. The van der Waals surface area contributed by atoms with E-state index in [9.17, 15) is 14.9 Å². The third kappa shape index (κ3) is 4.18. The van der Waals surface area contributed by atoms with Gasteiger partial charge in [-0.1, -0.05) is 0 Å². The van der Waals surface area contributed by atoms with Crippen LogP contribution in [0.2, 0.25) is 0 Å². The second-order valence-corrected chi connectivity index (χ2v) is 5.98. The van der Waals surface area contributed by atoms with Gasteiger partial charge in [0.15, 0.2) is 0 Å². The molecule has 1 fully saturated rings. The molecular formula is C14H18N2O4S. The summed E-state index contributed by atoms with van der Waals surface area (Å²) in [6.07, 6.45) is 3.15. The van der Waals surface area contributed by atoms with E-state index in [4.69, 9.17) is 5.11 Å². The van der Waals surface area contributed by atoms with Gasteiger partial charge in [0.25, 0.3) is 5.69 Å². The molecule has 6 nitrogen and oxygen atoms in total. The van der Waals surface area contributed by atoms with Crippen molar-refractivity contribution in [3.05, 3.63) is 34.4 Å². The molecule has 1 saturated carbocycles. The summed E-state index contributed by atoms with van der Waals surface area (Å²) >= 11 is 1.36. The first-order valence-electron chi connectivity index (χ1n) is 6.89. The number of aliphatic hydroxyl groups is 1. The normalized spacial score (nSPS) is 14.5. The van der Waals surface area contributed by atoms with Crippen molar-refractivity contribution >= 4 is 23.4 Å². The third-order valence-electron chi connectivity index (χ3n) is 3.59. The predicted octanol–water partition coefficient (Wildman–Crippen LogP) is 2.06. The summed E-state index contributed by atoms with van der Waals surface area (Å²) in [6, 6.07) is 6.43. The summed E-state index contributed by atoms with van der Waals surface area (Å²) in [7, 11) is 0. The molecule has 0 aromatic heterocycles. The largest absolute Gasteiger partial charge is 0.395 e. The van der Waals surface area contributed by atoms with E-state index >= 15 is 0 Å². The molecule has 0 bridgehead atoms. The Morgan fingerprint density at radius 1 is 1.38 bits per heavy atom. The summed E-state index contributed by atoms with van der Waals surface area (Å²) < 4.78 is 0. The highest BCUT2D eigenvalue weighted by atomic mass is 32.2. The van der Waals surface area contributed by atoms with Crippen LogP contribution in [0, 0.1) is 10.1 Å². The lowest BCUT2D eigenvalue weighted by Gasteiger charge is -2.37. The molecule has 1 aliphatic carbocycles. The highest BCUT2D eigenvalue weighted by Gasteiger charge is 2.28. The Morgan fingerprint density at radius 2 is 2.05 bits per heavy atom. The zero-order chi connectivity index (χ0) is 15.2. The number of carbonyl (C=O) groups is 1. The molecule has 0 saturated heterocycles. The lowest BCUT2D eigenvalue weighted by molar-refractivity contribution is -0.384. The number of non-ortho nitro benzene ring substituents is 1. The highest BCUT2D eigenvalue weighted by Crippen LogP contribution is 2.27. The summed E-state index contributed by atoms with van der Waals surface area (Å²) in [4.78, 5) is 24.9. The van der Waals surface area contributed by atoms with Crippen LogP contribution in [-0.4, -0.2) is 45.8 Å². The first-order valence-corrected chi connectivity index (χ1v) is 7.88. The Labute approximate surface area is 127 Å². The van der Waals surface area contributed by atoms with Crippen LogP contribution in [0.25, 0.3) is 0 Å². The molecule has 0 unspecified atom stereocenters. The van der Waals surface area contributed by atoms with Crippen LogP contribution < -0.4 is 0 Å². The molecule has 0 aliphatic heterocycles. The van der Waals surface area contributed by atoms with Crippen molar-refractivity contribution in [2.24, 2.45) is 0 Å². The molecule has 1 aromatic rings. The van der Waals surface area contributed by atoms with E-state index in [-0.39, 0.29) is 30.0 Å². The summed E-state index contributed by atoms with van der Waals surface area (Å²) in [6.45, 7) is 0.356. The molecule has 0 heterocycles. The second kappa shape index (κ2) is 7.42. The van der Waals surface area contributed by atoms with Crippen LogP contribution in [0.4, 0.5) is 5.69 Å². The lowest BCUT2D eigenvalue weighted by atomic mass is 9.91. The molecule has 1 aromatic carbocycles. The minimum Gasteiger partial charge on any atom is -0.395 e. The molecule has 1 aliphatic rings. The fourth-order valence-electron chi connectivity index (χ4n) is 2.21. The van der Waals surface area contributed by atoms with Crippen molar-refractivity contribution in [1.82, 2.24) is 4.90 Å². The summed E-state index contributed by atoms with van der Waals surface area (Å²) in [5, 5.41) is 19.6. The summed E-state index contributed by atoms with van der Waals surface area (Å²) in [5.74, 6) is 0.297. The number of rotatable bonds is 7. The number of hydrogen-bond acceptors (Lipinski definition) is 5. The molecule has 0 spiro atoms. The van der Waals surface area contributed by atoms with Crippen LogP contribution in [0.5, 0.6) is 0 Å². The maximum Gasteiger partial charge on any atom is 0.269 e. The van der Waals surface area contributed by atoms with E-state index in [1.54, 1.807) is 17.0 Å². The molecule has 21 heavy (non-hydrogen) atoms. The zero-order valence-corrected chi connectivity index (χ0v) is 12.4. The molecule has 1 N–H and O–H groups in total. The number of thioether (sulfide) groups is 1. The molecule has 1 amide bonds. The Hall–Kier alpha value is -1.60. The van der Waals surface area contributed by atoms with Gasteiger partial charge >= 0.3 is 0 Å². The van der Waals surface area contributed by atoms with Gasteiger partial charge < -0.3 is 10.0 Å². The summed E-state index contributed by atoms with van der Waals surface area (Å²) in [5.41, 5.74) is 0.0436. The number of aliphatic hydroxyl groups excluding tert-OH is 1. The van der Waals surface area contributed by atoms with Gasteiger partial charge in [-0.05, 0) is 31.4 Å². The molecule has 114 valence electrons. The van der Waals surface area contributed by atoms with E-state index in [1.165, 1.54) is 23.9 Å². The van der Waals surface area contributed by atoms with Gasteiger partial charge in [-0.2, -0.15) is 0 Å². The fourth-order valence-corrected chi connectivity index (χ4v) is 2.99. The van der Waals surface area contributed by atoms with E-state index in [1.807, 2.05) is 0 Å². The van der Waals surface area contributed by atoms with Crippen molar-refractivity contribution in [2.75, 3.05) is 18.9 Å². The van der Waals surface area contributed by atoms with Gasteiger partial charge in [-0.15, -0.1) is 11.8 Å². The van der Waals surface area contributed by atoms with Crippen LogP contribution in [0.3, 0.4) is 0 Å². The zero-order valence-electron chi connectivity index (χ0n) is 11.6. The van der Waals surface area contributed by atoms with Crippen molar-refractivity contribution < 1.29 is 14.8 Å². The highest BCUT2D eigenvalue weighted by molar-refractivity contribution is 8.00. The average molecular weight is 310 g/mol. The maximum atomic E-state index is 12.2. The monoisotopic (exact) mass is 310 g/mol. The molecule has 0 radical (unpaired) electrons. The van der Waals surface area contributed by atoms with Crippen LogP contribution in [-0.2, 0) is 4.79 Å². The number of hydrogen-bond donors (Lipinski definition) is 1. The van der Waals surface area contributed by atoms with Gasteiger partial charge in [0.05, 0.1) is 17.3 Å². The Morgan fingerprint density at radius 3 is 2.52 bits per heavy atom. The number of benzene rings is 1. The lowest BCUT2D eigenvalue weighted by Crippen LogP contribution is -2.46. The van der Waals surface area contributed by atoms with E-state index in [0.717, 1.165) is 24.2 Å². The Balaban J connectivity index is 1.88. The maximum absolute atomic E-state index is 12.2. The standard InChI is InChI=1S/C14H18N2O4S/c17-9-8-15(11-2-1-3-11)14(18)10-21-13-6-4-12(5-7-13)16(19)20/h4-7,11,17H,1-3,8-10H2. The average Bonchev–Trinajstić information content (AvgIpc) is 2.43. The second-order valence-electron chi connectivity index (χ2n) is 4.94. The van der Waals surface area contributed by atoms with Crippen LogP contribution in [0.15, 0.2) is 29.2 Å². The van der Waals surface area contributed by atoms with Crippen LogP contribution in [0.1, 0.15) is 19.3 Å². The molecule has 2 rings (SSSR count). The van der Waals surface area contributed by atoms with E-state index in [0.29, 0.717) is 6.54 Å². The minimum atomic E-state index is -0.445. The predicted molar refractivity (Wildman–Crippen MR) is 80.3 cm³/mol. The van der Waals surface area contributed by atoms with Crippen LogP contribution >= 0.6 is 11.8 Å². The number of nitro benzene ring substituents is 1. The topological polar surface area (TPSA) is 83.7 Å². The van der Waals surface area contributed by atoms with Crippen molar-refractivity contribution in [3.8, 4) is 0 Å². The first-order chi connectivity index (χ1) is 10.1. The van der Waals surface area contributed by atoms with E-state index < -0.39 is 4.92 Å². The van der Waals surface area contributed by atoms with Gasteiger partial charge in [-0.3, -0.25) is 14.9 Å². The van der Waals surface area contributed by atoms with Gasteiger partial charge in [0, 0.05) is 29.6 Å². The number of carbonyl (C=O) groups excluding carboxylic acids is 1. The number of nitrogens with zero attached hydrogens (tertiary/aromatic N) is 2. The quantitative estimate of drug-likeness (QED) is 0.473. The Kier molecular flexibility index (Phi) is 5.58. The van der Waals surface area contributed by atoms with Gasteiger partial charge in [0.2, 0.25) is 5.91 Å². The fraction of sp³-hybridized carbons (Fsp3) is 0.500.